The highest BCUT2D eigenvalue weighted by Gasteiger charge is 2.33. The standard InChI is InChI=1S/C20H33N3O9/c1-5-10(3)18(30)12(7-15(24)25)22-20(32)14(9-17(28)29)23-19(31)13(8-16(26)27)21-11(4)6-2/h10-14,21H,5-9H2,1-4H3,(H,22,32)(H,23,31)(H,24,25)(H,26,27)(H,28,29). The zero-order valence-corrected chi connectivity index (χ0v) is 18.7. The maximum atomic E-state index is 12.7. The predicted molar refractivity (Wildman–Crippen MR) is 112 cm³/mol. The second kappa shape index (κ2) is 14.1. The number of amides is 2. The Bertz CT molecular complexity index is 710. The highest BCUT2D eigenvalue weighted by Crippen LogP contribution is 2.10. The fraction of sp³-hybridized carbons (Fsp3) is 0.700. The predicted octanol–water partition coefficient (Wildman–Crippen LogP) is -0.248. The average Bonchev–Trinajstić information content (AvgIpc) is 2.69. The molecule has 0 bridgehead atoms. The summed E-state index contributed by atoms with van der Waals surface area (Å²) >= 11 is 0. The quantitative estimate of drug-likeness (QED) is 0.179. The summed E-state index contributed by atoms with van der Waals surface area (Å²) in [7, 11) is 0. The van der Waals surface area contributed by atoms with E-state index >= 15 is 0 Å². The van der Waals surface area contributed by atoms with Crippen molar-refractivity contribution < 1.29 is 44.1 Å². The van der Waals surface area contributed by atoms with Gasteiger partial charge in [0.2, 0.25) is 11.8 Å². The van der Waals surface area contributed by atoms with E-state index < -0.39 is 78.8 Å². The van der Waals surface area contributed by atoms with Crippen LogP contribution >= 0.6 is 0 Å². The third-order valence-corrected chi connectivity index (χ3v) is 4.94. The number of hydrogen-bond acceptors (Lipinski definition) is 7. The summed E-state index contributed by atoms with van der Waals surface area (Å²) in [5.41, 5.74) is 0. The van der Waals surface area contributed by atoms with Crippen LogP contribution in [0.2, 0.25) is 0 Å². The lowest BCUT2D eigenvalue weighted by Gasteiger charge is -2.25. The van der Waals surface area contributed by atoms with E-state index in [-0.39, 0.29) is 6.04 Å². The Labute approximate surface area is 186 Å². The summed E-state index contributed by atoms with van der Waals surface area (Å²) in [4.78, 5) is 71.2. The molecule has 12 nitrogen and oxygen atoms in total. The van der Waals surface area contributed by atoms with E-state index in [1.54, 1.807) is 20.8 Å². The molecule has 0 aliphatic carbocycles. The minimum atomic E-state index is -1.64. The molecule has 0 radical (unpaired) electrons. The van der Waals surface area contributed by atoms with E-state index in [1.807, 2.05) is 6.92 Å². The van der Waals surface area contributed by atoms with E-state index in [4.69, 9.17) is 15.3 Å². The molecule has 0 aromatic carbocycles. The lowest BCUT2D eigenvalue weighted by atomic mass is 9.95. The third-order valence-electron chi connectivity index (χ3n) is 4.94. The van der Waals surface area contributed by atoms with E-state index in [1.165, 1.54) is 0 Å². The number of ketones is 1. The topological polar surface area (TPSA) is 199 Å². The van der Waals surface area contributed by atoms with Gasteiger partial charge in [-0.3, -0.25) is 28.8 Å². The number of carboxylic acids is 3. The highest BCUT2D eigenvalue weighted by molar-refractivity contribution is 5.97. The first-order chi connectivity index (χ1) is 14.8. The summed E-state index contributed by atoms with van der Waals surface area (Å²) in [5, 5.41) is 34.5. The van der Waals surface area contributed by atoms with Crippen LogP contribution in [0.15, 0.2) is 0 Å². The molecule has 0 rings (SSSR count). The second-order valence-electron chi connectivity index (χ2n) is 7.66. The first-order valence-corrected chi connectivity index (χ1v) is 10.4. The van der Waals surface area contributed by atoms with Gasteiger partial charge in [-0.15, -0.1) is 0 Å². The second-order valence-corrected chi connectivity index (χ2v) is 7.66. The molecule has 6 N–H and O–H groups in total. The Morgan fingerprint density at radius 3 is 1.50 bits per heavy atom. The first kappa shape index (κ1) is 29.0. The van der Waals surface area contributed by atoms with Crippen molar-refractivity contribution in [2.75, 3.05) is 0 Å². The van der Waals surface area contributed by atoms with Crippen molar-refractivity contribution in [1.82, 2.24) is 16.0 Å². The van der Waals surface area contributed by atoms with Crippen LogP contribution in [0.1, 0.15) is 59.8 Å². The smallest absolute Gasteiger partial charge is 0.305 e. The fourth-order valence-corrected chi connectivity index (χ4v) is 2.73. The van der Waals surface area contributed by atoms with Gasteiger partial charge >= 0.3 is 17.9 Å². The lowest BCUT2D eigenvalue weighted by molar-refractivity contribution is -0.144. The average molecular weight is 459 g/mol. The molecular formula is C20H33N3O9. The van der Waals surface area contributed by atoms with Gasteiger partial charge in [-0.2, -0.15) is 0 Å². The monoisotopic (exact) mass is 459 g/mol. The van der Waals surface area contributed by atoms with Crippen LogP contribution in [-0.4, -0.2) is 75.0 Å². The minimum absolute atomic E-state index is 0.232. The molecule has 0 fully saturated rings. The number of rotatable bonds is 16. The van der Waals surface area contributed by atoms with Crippen LogP contribution in [0.25, 0.3) is 0 Å². The number of hydrogen-bond donors (Lipinski definition) is 6. The molecule has 0 aliphatic heterocycles. The number of Topliss-reactive ketones (excluding diaryl/α,β-unsaturated/α-hetero) is 1. The molecule has 5 atom stereocenters. The van der Waals surface area contributed by atoms with Crippen LogP contribution < -0.4 is 16.0 Å². The van der Waals surface area contributed by atoms with Gasteiger partial charge in [0.1, 0.15) is 6.04 Å². The SMILES string of the molecule is CCC(C)NC(CC(=O)O)C(=O)NC(CC(=O)O)C(=O)NC(CC(=O)O)C(=O)C(C)CC. The molecule has 32 heavy (non-hydrogen) atoms. The van der Waals surface area contributed by atoms with Crippen molar-refractivity contribution in [2.24, 2.45) is 5.92 Å². The number of carbonyl (C=O) groups is 6. The summed E-state index contributed by atoms with van der Waals surface area (Å²) in [5.74, 6) is -7.10. The van der Waals surface area contributed by atoms with Gasteiger partial charge < -0.3 is 31.3 Å². The normalized spacial score (nSPS) is 15.5. The van der Waals surface area contributed by atoms with Gasteiger partial charge in [0.15, 0.2) is 5.78 Å². The molecule has 182 valence electrons. The molecule has 2 amide bonds. The fourth-order valence-electron chi connectivity index (χ4n) is 2.73. The van der Waals surface area contributed by atoms with Gasteiger partial charge in [-0.1, -0.05) is 20.8 Å². The Balaban J connectivity index is 5.62. The maximum Gasteiger partial charge on any atom is 0.305 e. The Morgan fingerprint density at radius 1 is 0.656 bits per heavy atom. The van der Waals surface area contributed by atoms with Crippen LogP contribution in [0.4, 0.5) is 0 Å². The number of carbonyl (C=O) groups excluding carboxylic acids is 3. The number of carboxylic acid groups (broad SMARTS) is 3. The zero-order valence-electron chi connectivity index (χ0n) is 18.7. The van der Waals surface area contributed by atoms with Gasteiger partial charge in [-0.05, 0) is 19.8 Å². The summed E-state index contributed by atoms with van der Waals surface area (Å²) in [6, 6.07) is -4.51. The highest BCUT2D eigenvalue weighted by atomic mass is 16.4. The van der Waals surface area contributed by atoms with Gasteiger partial charge in [0.05, 0.1) is 31.3 Å². The molecular weight excluding hydrogens is 426 g/mol. The Kier molecular flexibility index (Phi) is 12.8. The van der Waals surface area contributed by atoms with E-state index in [2.05, 4.69) is 16.0 Å². The number of nitrogens with one attached hydrogen (secondary N) is 3. The Morgan fingerprint density at radius 2 is 1.06 bits per heavy atom. The van der Waals surface area contributed by atoms with E-state index in [9.17, 15) is 28.8 Å². The van der Waals surface area contributed by atoms with Gasteiger partial charge in [0, 0.05) is 12.0 Å². The molecule has 0 aromatic rings. The molecule has 0 saturated heterocycles. The maximum absolute atomic E-state index is 12.7. The van der Waals surface area contributed by atoms with Crippen molar-refractivity contribution in [2.45, 2.75) is 84.0 Å². The molecule has 0 heterocycles. The van der Waals surface area contributed by atoms with Crippen molar-refractivity contribution in [1.29, 1.82) is 0 Å². The molecule has 0 aromatic heterocycles. The zero-order chi connectivity index (χ0) is 25.0. The van der Waals surface area contributed by atoms with E-state index in [0.29, 0.717) is 12.8 Å². The van der Waals surface area contributed by atoms with Gasteiger partial charge in [0.25, 0.3) is 0 Å². The van der Waals surface area contributed by atoms with Gasteiger partial charge in [-0.25, -0.2) is 0 Å². The largest absolute Gasteiger partial charge is 0.481 e. The van der Waals surface area contributed by atoms with E-state index in [0.717, 1.165) is 0 Å². The third kappa shape index (κ3) is 10.8. The minimum Gasteiger partial charge on any atom is -0.481 e. The first-order valence-electron chi connectivity index (χ1n) is 10.4. The molecule has 0 saturated carbocycles. The van der Waals surface area contributed by atoms with Crippen LogP contribution in [0.3, 0.4) is 0 Å². The molecule has 0 aliphatic rings. The van der Waals surface area contributed by atoms with Crippen LogP contribution in [0.5, 0.6) is 0 Å². The summed E-state index contributed by atoms with van der Waals surface area (Å²) < 4.78 is 0. The molecule has 12 heteroatoms. The van der Waals surface area contributed by atoms with Crippen molar-refractivity contribution >= 4 is 35.5 Å². The van der Waals surface area contributed by atoms with Crippen LogP contribution in [-0.2, 0) is 28.8 Å². The van der Waals surface area contributed by atoms with Crippen molar-refractivity contribution in [3.8, 4) is 0 Å². The summed E-state index contributed by atoms with van der Waals surface area (Å²) in [6.45, 7) is 6.81. The number of aliphatic carboxylic acids is 3. The lowest BCUT2D eigenvalue weighted by Crippen LogP contribution is -2.57. The van der Waals surface area contributed by atoms with Crippen molar-refractivity contribution in [3.63, 3.8) is 0 Å². The van der Waals surface area contributed by atoms with Crippen molar-refractivity contribution in [3.05, 3.63) is 0 Å². The molecule has 5 unspecified atom stereocenters. The Hall–Kier alpha value is -3.02. The summed E-state index contributed by atoms with van der Waals surface area (Å²) in [6.07, 6.45) is -1.18. The molecule has 0 spiro atoms. The van der Waals surface area contributed by atoms with Crippen LogP contribution in [0, 0.1) is 5.92 Å².